The van der Waals surface area contributed by atoms with Gasteiger partial charge in [-0.05, 0) is 30.4 Å². The molecule has 0 spiro atoms. The Hall–Kier alpha value is -2.21. The molecule has 2 aromatic rings. The van der Waals surface area contributed by atoms with E-state index in [-0.39, 0.29) is 11.9 Å². The van der Waals surface area contributed by atoms with Gasteiger partial charge in [0.25, 0.3) is 0 Å². The van der Waals surface area contributed by atoms with Crippen LogP contribution in [0, 0.1) is 0 Å². The van der Waals surface area contributed by atoms with Gasteiger partial charge in [0.15, 0.2) is 5.82 Å². The van der Waals surface area contributed by atoms with Gasteiger partial charge in [-0.15, -0.1) is 0 Å². The molecule has 22 heavy (non-hydrogen) atoms. The van der Waals surface area contributed by atoms with Crippen molar-refractivity contribution in [3.05, 3.63) is 47.1 Å². The van der Waals surface area contributed by atoms with E-state index in [1.54, 1.807) is 0 Å². The molecule has 0 bridgehead atoms. The Morgan fingerprint density at radius 1 is 1.32 bits per heavy atom. The number of nitrogens with zero attached hydrogens (tertiary/aromatic N) is 3. The molecule has 0 unspecified atom stereocenters. The summed E-state index contributed by atoms with van der Waals surface area (Å²) < 4.78 is 5.33. The van der Waals surface area contributed by atoms with Gasteiger partial charge in [-0.1, -0.05) is 29.4 Å². The van der Waals surface area contributed by atoms with E-state index in [9.17, 15) is 4.79 Å². The number of fused-ring (bicyclic) bond motifs is 1. The maximum atomic E-state index is 11.8. The van der Waals surface area contributed by atoms with Crippen LogP contribution < -0.4 is 5.73 Å². The molecule has 0 radical (unpaired) electrons. The molecule has 2 N–H and O–H groups in total. The normalized spacial score (nSPS) is 21.5. The minimum absolute atomic E-state index is 0.309. The molecule has 6 nitrogen and oxygen atoms in total. The Morgan fingerprint density at radius 3 is 2.82 bits per heavy atom. The maximum absolute atomic E-state index is 11.8. The highest BCUT2D eigenvalue weighted by molar-refractivity contribution is 5.80. The fourth-order valence-corrected chi connectivity index (χ4v) is 3.04. The lowest BCUT2D eigenvalue weighted by molar-refractivity contribution is -0.124. The standard InChI is InChI=1S/C16H18N4O2/c17-15(21)13-7-11-3-1-2-4-12(11)8-20(13)9-14-18-16(19-22-14)10-5-6-10/h1-4,10,13H,5-9H2,(H2,17,21)/t13-/m1/s1. The first kappa shape index (κ1) is 13.5. The van der Waals surface area contributed by atoms with Gasteiger partial charge in [0.05, 0.1) is 12.6 Å². The predicted molar refractivity (Wildman–Crippen MR) is 78.6 cm³/mol. The van der Waals surface area contributed by atoms with Crippen molar-refractivity contribution >= 4 is 5.91 Å². The van der Waals surface area contributed by atoms with E-state index in [0.29, 0.717) is 31.3 Å². The topological polar surface area (TPSA) is 85.3 Å². The van der Waals surface area contributed by atoms with Crippen molar-refractivity contribution in [3.8, 4) is 0 Å². The first-order valence-electron chi connectivity index (χ1n) is 7.63. The van der Waals surface area contributed by atoms with Crippen LogP contribution in [-0.4, -0.2) is 27.0 Å². The lowest BCUT2D eigenvalue weighted by Crippen LogP contribution is -2.48. The summed E-state index contributed by atoms with van der Waals surface area (Å²) in [5.74, 6) is 1.51. The van der Waals surface area contributed by atoms with E-state index in [0.717, 1.165) is 18.7 Å². The molecule has 1 amide bonds. The number of amides is 1. The molecular weight excluding hydrogens is 280 g/mol. The lowest BCUT2D eigenvalue weighted by Gasteiger charge is -2.33. The molecule has 1 aliphatic heterocycles. The lowest BCUT2D eigenvalue weighted by atomic mass is 9.93. The zero-order chi connectivity index (χ0) is 15.1. The first-order chi connectivity index (χ1) is 10.7. The molecule has 2 heterocycles. The second-order valence-corrected chi connectivity index (χ2v) is 6.12. The molecule has 1 atom stereocenters. The van der Waals surface area contributed by atoms with Crippen LogP contribution in [0.15, 0.2) is 28.8 Å². The highest BCUT2D eigenvalue weighted by Gasteiger charge is 2.32. The summed E-state index contributed by atoms with van der Waals surface area (Å²) in [4.78, 5) is 18.3. The number of hydrogen-bond donors (Lipinski definition) is 1. The Balaban J connectivity index is 1.56. The van der Waals surface area contributed by atoms with E-state index >= 15 is 0 Å². The van der Waals surface area contributed by atoms with Crippen LogP contribution in [0.4, 0.5) is 0 Å². The summed E-state index contributed by atoms with van der Waals surface area (Å²) in [7, 11) is 0. The van der Waals surface area contributed by atoms with E-state index in [1.807, 2.05) is 17.0 Å². The molecule has 1 fully saturated rings. The van der Waals surface area contributed by atoms with Gasteiger partial charge in [0.1, 0.15) is 0 Å². The van der Waals surface area contributed by atoms with E-state index in [1.165, 1.54) is 11.1 Å². The third kappa shape index (κ3) is 2.50. The first-order valence-corrected chi connectivity index (χ1v) is 7.63. The Bertz CT molecular complexity index is 708. The third-order valence-electron chi connectivity index (χ3n) is 4.44. The summed E-state index contributed by atoms with van der Waals surface area (Å²) in [5.41, 5.74) is 8.00. The van der Waals surface area contributed by atoms with Crippen molar-refractivity contribution in [2.75, 3.05) is 0 Å². The highest BCUT2D eigenvalue weighted by Crippen LogP contribution is 2.38. The molecule has 1 aromatic heterocycles. The average Bonchev–Trinajstić information content (AvgIpc) is 3.27. The van der Waals surface area contributed by atoms with E-state index in [2.05, 4.69) is 22.3 Å². The van der Waals surface area contributed by atoms with Gasteiger partial charge in [0, 0.05) is 12.5 Å². The summed E-state index contributed by atoms with van der Waals surface area (Å²) in [6, 6.07) is 7.82. The van der Waals surface area contributed by atoms with E-state index < -0.39 is 0 Å². The van der Waals surface area contributed by atoms with Gasteiger partial charge in [-0.25, -0.2) is 0 Å². The van der Waals surface area contributed by atoms with Crippen molar-refractivity contribution in [1.29, 1.82) is 0 Å². The molecular formula is C16H18N4O2. The van der Waals surface area contributed by atoms with Gasteiger partial charge < -0.3 is 10.3 Å². The van der Waals surface area contributed by atoms with Crippen LogP contribution in [0.1, 0.15) is 41.6 Å². The zero-order valence-corrected chi connectivity index (χ0v) is 12.2. The second kappa shape index (κ2) is 5.21. The largest absolute Gasteiger partial charge is 0.368 e. The highest BCUT2D eigenvalue weighted by atomic mass is 16.5. The number of hydrogen-bond acceptors (Lipinski definition) is 5. The fourth-order valence-electron chi connectivity index (χ4n) is 3.04. The van der Waals surface area contributed by atoms with Crippen LogP contribution in [0.5, 0.6) is 0 Å². The Morgan fingerprint density at radius 2 is 2.09 bits per heavy atom. The summed E-state index contributed by atoms with van der Waals surface area (Å²) in [5, 5.41) is 4.03. The Kier molecular flexibility index (Phi) is 3.18. The summed E-state index contributed by atoms with van der Waals surface area (Å²) >= 11 is 0. The quantitative estimate of drug-likeness (QED) is 0.921. The van der Waals surface area contributed by atoms with Crippen molar-refractivity contribution in [2.45, 2.75) is 44.3 Å². The van der Waals surface area contributed by atoms with Crippen LogP contribution in [0.3, 0.4) is 0 Å². The van der Waals surface area contributed by atoms with Crippen LogP contribution in [0.25, 0.3) is 0 Å². The minimum atomic E-state index is -0.328. The fraction of sp³-hybridized carbons (Fsp3) is 0.438. The molecule has 6 heteroatoms. The number of nitrogens with two attached hydrogens (primary N) is 1. The minimum Gasteiger partial charge on any atom is -0.368 e. The molecule has 1 aromatic carbocycles. The summed E-state index contributed by atoms with van der Waals surface area (Å²) in [6.07, 6.45) is 2.91. The van der Waals surface area contributed by atoms with Crippen molar-refractivity contribution in [1.82, 2.24) is 15.0 Å². The third-order valence-corrected chi connectivity index (χ3v) is 4.44. The average molecular weight is 298 g/mol. The van der Waals surface area contributed by atoms with Gasteiger partial charge in [-0.3, -0.25) is 9.69 Å². The number of benzene rings is 1. The smallest absolute Gasteiger partial charge is 0.240 e. The molecule has 114 valence electrons. The van der Waals surface area contributed by atoms with Gasteiger partial charge >= 0.3 is 0 Å². The van der Waals surface area contributed by atoms with Crippen molar-refractivity contribution in [2.24, 2.45) is 5.73 Å². The monoisotopic (exact) mass is 298 g/mol. The van der Waals surface area contributed by atoms with Crippen LogP contribution in [-0.2, 0) is 24.3 Å². The van der Waals surface area contributed by atoms with Gasteiger partial charge in [0.2, 0.25) is 11.8 Å². The van der Waals surface area contributed by atoms with Crippen LogP contribution >= 0.6 is 0 Å². The Labute approximate surface area is 128 Å². The molecule has 1 aliphatic carbocycles. The van der Waals surface area contributed by atoms with Gasteiger partial charge in [-0.2, -0.15) is 4.98 Å². The summed E-state index contributed by atoms with van der Waals surface area (Å²) in [6.45, 7) is 1.13. The predicted octanol–water partition coefficient (Wildman–Crippen LogP) is 1.36. The maximum Gasteiger partial charge on any atom is 0.240 e. The SMILES string of the molecule is NC(=O)[C@H]1Cc2ccccc2CN1Cc1nc(C2CC2)no1. The zero-order valence-electron chi connectivity index (χ0n) is 12.2. The number of rotatable bonds is 4. The van der Waals surface area contributed by atoms with Crippen molar-refractivity contribution in [3.63, 3.8) is 0 Å². The molecule has 0 saturated heterocycles. The van der Waals surface area contributed by atoms with E-state index in [4.69, 9.17) is 10.3 Å². The number of aromatic nitrogens is 2. The molecule has 2 aliphatic rings. The molecule has 4 rings (SSSR count). The second-order valence-electron chi connectivity index (χ2n) is 6.12. The van der Waals surface area contributed by atoms with Crippen LogP contribution in [0.2, 0.25) is 0 Å². The number of carbonyl (C=O) groups is 1. The molecule has 1 saturated carbocycles. The number of carbonyl (C=O) groups excluding carboxylic acids is 1. The van der Waals surface area contributed by atoms with Crippen molar-refractivity contribution < 1.29 is 9.32 Å². The number of primary amides is 1.